The molecule has 0 atom stereocenters. The molecule has 0 saturated heterocycles. The summed E-state index contributed by atoms with van der Waals surface area (Å²) in [6.45, 7) is 1.92. The van der Waals surface area contributed by atoms with Gasteiger partial charge >= 0.3 is 0 Å². The van der Waals surface area contributed by atoms with Crippen molar-refractivity contribution in [2.75, 3.05) is 12.4 Å². The molecule has 0 aliphatic heterocycles. The molecule has 21 heavy (non-hydrogen) atoms. The van der Waals surface area contributed by atoms with Gasteiger partial charge in [0.05, 0.1) is 7.11 Å². The van der Waals surface area contributed by atoms with E-state index >= 15 is 0 Å². The average Bonchev–Trinajstić information content (AvgIpc) is 2.49. The van der Waals surface area contributed by atoms with Crippen LogP contribution in [0.3, 0.4) is 0 Å². The van der Waals surface area contributed by atoms with E-state index in [4.69, 9.17) is 16.3 Å². The molecular formula is C17H16ClNO2. The quantitative estimate of drug-likeness (QED) is 0.855. The maximum absolute atomic E-state index is 11.9. The van der Waals surface area contributed by atoms with E-state index in [-0.39, 0.29) is 5.91 Å². The minimum atomic E-state index is -0.198. The van der Waals surface area contributed by atoms with Crippen molar-refractivity contribution in [2.45, 2.75) is 6.92 Å². The normalized spacial score (nSPS) is 10.6. The van der Waals surface area contributed by atoms with Crippen molar-refractivity contribution in [3.05, 3.63) is 64.7 Å². The van der Waals surface area contributed by atoms with Crippen LogP contribution in [0.1, 0.15) is 11.1 Å². The minimum absolute atomic E-state index is 0.198. The Labute approximate surface area is 129 Å². The molecule has 0 unspecified atom stereocenters. The van der Waals surface area contributed by atoms with Crippen molar-refractivity contribution in [1.29, 1.82) is 0 Å². The van der Waals surface area contributed by atoms with Crippen molar-refractivity contribution < 1.29 is 9.53 Å². The predicted molar refractivity (Wildman–Crippen MR) is 86.8 cm³/mol. The number of hydrogen-bond acceptors (Lipinski definition) is 2. The molecule has 0 aromatic heterocycles. The summed E-state index contributed by atoms with van der Waals surface area (Å²) >= 11 is 5.92. The highest BCUT2D eigenvalue weighted by atomic mass is 35.5. The lowest BCUT2D eigenvalue weighted by atomic mass is 10.2. The van der Waals surface area contributed by atoms with Gasteiger partial charge in [0, 0.05) is 16.8 Å². The van der Waals surface area contributed by atoms with E-state index in [0.717, 1.165) is 16.9 Å². The number of hydrogen-bond donors (Lipinski definition) is 1. The summed E-state index contributed by atoms with van der Waals surface area (Å²) in [4.78, 5) is 11.9. The number of carbonyl (C=O) groups excluding carboxylic acids is 1. The van der Waals surface area contributed by atoms with Crippen molar-refractivity contribution in [2.24, 2.45) is 0 Å². The molecular weight excluding hydrogens is 286 g/mol. The fourth-order valence-corrected chi connectivity index (χ4v) is 1.96. The van der Waals surface area contributed by atoms with Crippen LogP contribution in [-0.2, 0) is 4.79 Å². The summed E-state index contributed by atoms with van der Waals surface area (Å²) in [7, 11) is 1.62. The number of methoxy groups -OCH3 is 1. The van der Waals surface area contributed by atoms with Gasteiger partial charge in [-0.15, -0.1) is 0 Å². The summed E-state index contributed by atoms with van der Waals surface area (Å²) in [6, 6.07) is 12.8. The zero-order chi connectivity index (χ0) is 15.2. The number of carbonyl (C=O) groups is 1. The fourth-order valence-electron chi connectivity index (χ4n) is 1.79. The van der Waals surface area contributed by atoms with Gasteiger partial charge in [-0.1, -0.05) is 29.8 Å². The van der Waals surface area contributed by atoms with Crippen LogP contribution in [0.2, 0.25) is 5.02 Å². The lowest BCUT2D eigenvalue weighted by Gasteiger charge is -2.06. The van der Waals surface area contributed by atoms with Gasteiger partial charge in [-0.3, -0.25) is 4.79 Å². The van der Waals surface area contributed by atoms with Gasteiger partial charge in [-0.25, -0.2) is 0 Å². The Kier molecular flexibility index (Phi) is 5.01. The highest BCUT2D eigenvalue weighted by Gasteiger charge is 2.02. The number of ether oxygens (including phenoxy) is 1. The number of amides is 1. The predicted octanol–water partition coefficient (Wildman–Crippen LogP) is 4.31. The molecule has 0 aliphatic rings. The third-order valence-corrected chi connectivity index (χ3v) is 3.24. The van der Waals surface area contributed by atoms with Crippen LogP contribution < -0.4 is 10.1 Å². The molecule has 0 fully saturated rings. The van der Waals surface area contributed by atoms with Crippen LogP contribution in [0.5, 0.6) is 5.75 Å². The topological polar surface area (TPSA) is 38.3 Å². The second kappa shape index (κ2) is 6.95. The first-order valence-corrected chi connectivity index (χ1v) is 6.85. The highest BCUT2D eigenvalue weighted by molar-refractivity contribution is 6.31. The number of anilines is 1. The third kappa shape index (κ3) is 4.36. The molecule has 0 heterocycles. The fraction of sp³-hybridized carbons (Fsp3) is 0.118. The minimum Gasteiger partial charge on any atom is -0.497 e. The highest BCUT2D eigenvalue weighted by Crippen LogP contribution is 2.20. The molecule has 108 valence electrons. The van der Waals surface area contributed by atoms with E-state index in [1.807, 2.05) is 37.3 Å². The zero-order valence-corrected chi connectivity index (χ0v) is 12.6. The summed E-state index contributed by atoms with van der Waals surface area (Å²) in [5.41, 5.74) is 2.60. The second-order valence-corrected chi connectivity index (χ2v) is 4.99. The van der Waals surface area contributed by atoms with Gasteiger partial charge in [0.25, 0.3) is 0 Å². The second-order valence-electron chi connectivity index (χ2n) is 4.55. The van der Waals surface area contributed by atoms with Gasteiger partial charge in [-0.05, 0) is 48.4 Å². The Hall–Kier alpha value is -2.26. The molecule has 2 rings (SSSR count). The standard InChI is InChI=1S/C17H16ClNO2/c1-12-3-7-14(18)11-16(12)19-17(20)10-6-13-4-8-15(21-2)9-5-13/h3-11H,1-2H3,(H,19,20)/b10-6+. The molecule has 0 radical (unpaired) electrons. The zero-order valence-electron chi connectivity index (χ0n) is 11.9. The van der Waals surface area contributed by atoms with E-state index in [1.54, 1.807) is 25.3 Å². The Morgan fingerprint density at radius 3 is 2.57 bits per heavy atom. The van der Waals surface area contributed by atoms with Gasteiger partial charge in [0.1, 0.15) is 5.75 Å². The van der Waals surface area contributed by atoms with Crippen molar-refractivity contribution in [3.63, 3.8) is 0 Å². The summed E-state index contributed by atoms with van der Waals surface area (Å²) in [6.07, 6.45) is 3.23. The van der Waals surface area contributed by atoms with Crippen molar-refractivity contribution in [1.82, 2.24) is 0 Å². The van der Waals surface area contributed by atoms with Crippen LogP contribution in [0.25, 0.3) is 6.08 Å². The monoisotopic (exact) mass is 301 g/mol. The van der Waals surface area contributed by atoms with E-state index in [9.17, 15) is 4.79 Å². The lowest BCUT2D eigenvalue weighted by Crippen LogP contribution is -2.08. The Balaban J connectivity index is 2.03. The van der Waals surface area contributed by atoms with E-state index in [2.05, 4.69) is 5.32 Å². The number of aryl methyl sites for hydroxylation is 1. The number of nitrogens with one attached hydrogen (secondary N) is 1. The molecule has 3 nitrogen and oxygen atoms in total. The van der Waals surface area contributed by atoms with Crippen LogP contribution in [0.15, 0.2) is 48.5 Å². The molecule has 0 saturated carbocycles. The van der Waals surface area contributed by atoms with E-state index in [0.29, 0.717) is 10.7 Å². The van der Waals surface area contributed by atoms with Crippen LogP contribution in [0, 0.1) is 6.92 Å². The van der Waals surface area contributed by atoms with Gasteiger partial charge in [-0.2, -0.15) is 0 Å². The smallest absolute Gasteiger partial charge is 0.248 e. The average molecular weight is 302 g/mol. The van der Waals surface area contributed by atoms with Crippen LogP contribution in [-0.4, -0.2) is 13.0 Å². The van der Waals surface area contributed by atoms with Crippen LogP contribution >= 0.6 is 11.6 Å². The molecule has 1 amide bonds. The Bertz CT molecular complexity index is 663. The Morgan fingerprint density at radius 1 is 1.19 bits per heavy atom. The summed E-state index contributed by atoms with van der Waals surface area (Å²) in [5, 5.41) is 3.40. The van der Waals surface area contributed by atoms with Gasteiger partial charge in [0.2, 0.25) is 5.91 Å². The SMILES string of the molecule is COc1ccc(/C=C/C(=O)Nc2cc(Cl)ccc2C)cc1. The molecule has 0 bridgehead atoms. The Morgan fingerprint density at radius 2 is 1.90 bits per heavy atom. The van der Waals surface area contributed by atoms with Crippen molar-refractivity contribution >= 4 is 29.3 Å². The number of benzene rings is 2. The molecule has 2 aromatic rings. The first kappa shape index (κ1) is 15.1. The molecule has 2 aromatic carbocycles. The van der Waals surface area contributed by atoms with Gasteiger partial charge in [0.15, 0.2) is 0 Å². The molecule has 4 heteroatoms. The first-order chi connectivity index (χ1) is 10.1. The van der Waals surface area contributed by atoms with Crippen LogP contribution in [0.4, 0.5) is 5.69 Å². The maximum Gasteiger partial charge on any atom is 0.248 e. The lowest BCUT2D eigenvalue weighted by molar-refractivity contribution is -0.111. The third-order valence-electron chi connectivity index (χ3n) is 3.00. The maximum atomic E-state index is 11.9. The number of rotatable bonds is 4. The van der Waals surface area contributed by atoms with E-state index < -0.39 is 0 Å². The molecule has 0 aliphatic carbocycles. The number of halogens is 1. The first-order valence-electron chi connectivity index (χ1n) is 6.48. The summed E-state index contributed by atoms with van der Waals surface area (Å²) < 4.78 is 5.08. The molecule has 0 spiro atoms. The van der Waals surface area contributed by atoms with E-state index in [1.165, 1.54) is 6.08 Å². The van der Waals surface area contributed by atoms with Gasteiger partial charge < -0.3 is 10.1 Å². The molecule has 1 N–H and O–H groups in total. The summed E-state index contributed by atoms with van der Waals surface area (Å²) in [5.74, 6) is 0.585. The largest absolute Gasteiger partial charge is 0.497 e. The van der Waals surface area contributed by atoms with Crippen molar-refractivity contribution in [3.8, 4) is 5.75 Å².